The standard InChI is InChI=1S/C27H38FN7O2/c1-2-21(35-14-8-3-4-9-15-35)19-16-18(10-11-20(19)28)32-24-22(23(29)36)25(37)34-26(33-24)31-17-27(30)12-6-5-7-13-27/h2,10-11,16H,3-9,12-15,17,30H2,1H3,(H2,29,36)(H3,31,32,33,34,37). The maximum absolute atomic E-state index is 15.0. The number of aromatic amines is 1. The summed E-state index contributed by atoms with van der Waals surface area (Å²) in [6.45, 7) is 4.08. The Balaban J connectivity index is 1.61. The number of likely N-dealkylation sites (tertiary alicyclic amines) is 1. The molecule has 2 heterocycles. The molecule has 1 amide bonds. The number of rotatable bonds is 8. The lowest BCUT2D eigenvalue weighted by Gasteiger charge is -2.33. The van der Waals surface area contributed by atoms with E-state index in [-0.39, 0.29) is 28.7 Å². The van der Waals surface area contributed by atoms with E-state index < -0.39 is 11.5 Å². The monoisotopic (exact) mass is 511 g/mol. The smallest absolute Gasteiger partial charge is 0.267 e. The number of nitrogens with zero attached hydrogens (tertiary/aromatic N) is 2. The average molecular weight is 512 g/mol. The van der Waals surface area contributed by atoms with E-state index >= 15 is 0 Å². The number of carbonyl (C=O) groups is 1. The SMILES string of the molecule is CC=C(c1cc(Nc2nc(NCC3(N)CCCCC3)[nH]c(=O)c2C(N)=O)ccc1F)N1CCCCCC1. The number of hydrogen-bond donors (Lipinski definition) is 5. The third-order valence-electron chi connectivity index (χ3n) is 7.35. The lowest BCUT2D eigenvalue weighted by molar-refractivity contribution is 0.0999. The summed E-state index contributed by atoms with van der Waals surface area (Å²) in [4.78, 5) is 34.1. The molecule has 2 fully saturated rings. The minimum atomic E-state index is -0.911. The highest BCUT2D eigenvalue weighted by Crippen LogP contribution is 2.29. The zero-order valence-corrected chi connectivity index (χ0v) is 21.5. The molecule has 200 valence electrons. The molecule has 9 nitrogen and oxygen atoms in total. The number of primary amides is 1. The third kappa shape index (κ3) is 6.49. The van der Waals surface area contributed by atoms with Crippen LogP contribution in [0.15, 0.2) is 29.1 Å². The molecule has 0 spiro atoms. The number of H-pyrrole nitrogens is 1. The van der Waals surface area contributed by atoms with Gasteiger partial charge in [-0.3, -0.25) is 14.6 Å². The molecule has 0 unspecified atom stereocenters. The Bertz CT molecular complexity index is 1200. The largest absolute Gasteiger partial charge is 0.371 e. The Kier molecular flexibility index (Phi) is 8.48. The number of amides is 1. The van der Waals surface area contributed by atoms with Gasteiger partial charge < -0.3 is 27.0 Å². The minimum absolute atomic E-state index is 0.00262. The molecule has 1 aromatic carbocycles. The molecule has 0 radical (unpaired) electrons. The highest BCUT2D eigenvalue weighted by molar-refractivity contribution is 5.98. The Morgan fingerprint density at radius 1 is 1.16 bits per heavy atom. The molecule has 1 saturated carbocycles. The summed E-state index contributed by atoms with van der Waals surface area (Å²) in [6.07, 6.45) is 11.5. The Morgan fingerprint density at radius 3 is 2.49 bits per heavy atom. The fraction of sp³-hybridized carbons (Fsp3) is 0.519. The molecule has 0 atom stereocenters. The van der Waals surface area contributed by atoms with Gasteiger partial charge in [-0.15, -0.1) is 0 Å². The Morgan fingerprint density at radius 2 is 1.84 bits per heavy atom. The molecule has 1 aromatic heterocycles. The molecular weight excluding hydrogens is 473 g/mol. The van der Waals surface area contributed by atoms with Crippen molar-refractivity contribution in [2.24, 2.45) is 11.5 Å². The molecule has 10 heteroatoms. The van der Waals surface area contributed by atoms with E-state index in [1.54, 1.807) is 12.1 Å². The second kappa shape index (κ2) is 11.8. The quantitative estimate of drug-likeness (QED) is 0.360. The van der Waals surface area contributed by atoms with Crippen LogP contribution in [0.3, 0.4) is 0 Å². The van der Waals surface area contributed by atoms with Crippen LogP contribution >= 0.6 is 0 Å². The second-order valence-electron chi connectivity index (χ2n) is 10.2. The molecule has 7 N–H and O–H groups in total. The predicted molar refractivity (Wildman–Crippen MR) is 145 cm³/mol. The van der Waals surface area contributed by atoms with Crippen LogP contribution in [0.2, 0.25) is 0 Å². The normalized spacial score (nSPS) is 18.2. The van der Waals surface area contributed by atoms with Gasteiger partial charge in [-0.1, -0.05) is 38.2 Å². The van der Waals surface area contributed by atoms with Gasteiger partial charge in [0.25, 0.3) is 11.5 Å². The number of halogens is 1. The number of anilines is 3. The molecule has 2 aromatic rings. The van der Waals surface area contributed by atoms with Crippen LogP contribution in [0.25, 0.3) is 5.70 Å². The van der Waals surface area contributed by atoms with Crippen molar-refractivity contribution in [3.8, 4) is 0 Å². The van der Waals surface area contributed by atoms with Gasteiger partial charge in [0.1, 0.15) is 11.4 Å². The molecule has 1 aliphatic carbocycles. The van der Waals surface area contributed by atoms with Crippen LogP contribution in [0.5, 0.6) is 0 Å². The van der Waals surface area contributed by atoms with Crippen LogP contribution < -0.4 is 27.7 Å². The van der Waals surface area contributed by atoms with Crippen molar-refractivity contribution in [2.75, 3.05) is 30.3 Å². The van der Waals surface area contributed by atoms with Crippen molar-refractivity contribution in [1.29, 1.82) is 0 Å². The molecule has 2 aliphatic rings. The topological polar surface area (TPSA) is 142 Å². The number of aromatic nitrogens is 2. The van der Waals surface area contributed by atoms with Crippen LogP contribution in [0.4, 0.5) is 21.8 Å². The van der Waals surface area contributed by atoms with E-state index in [1.165, 1.54) is 25.3 Å². The number of hydrogen-bond acceptors (Lipinski definition) is 7. The van der Waals surface area contributed by atoms with Crippen LogP contribution in [0.1, 0.15) is 80.6 Å². The van der Waals surface area contributed by atoms with Gasteiger partial charge >= 0.3 is 0 Å². The fourth-order valence-corrected chi connectivity index (χ4v) is 5.32. The predicted octanol–water partition coefficient (Wildman–Crippen LogP) is 4.06. The molecule has 1 saturated heterocycles. The van der Waals surface area contributed by atoms with Crippen molar-refractivity contribution in [2.45, 2.75) is 70.3 Å². The van der Waals surface area contributed by atoms with Crippen LogP contribution in [-0.4, -0.2) is 45.9 Å². The summed E-state index contributed by atoms with van der Waals surface area (Å²) < 4.78 is 15.0. The summed E-state index contributed by atoms with van der Waals surface area (Å²) in [7, 11) is 0. The third-order valence-corrected chi connectivity index (χ3v) is 7.35. The zero-order chi connectivity index (χ0) is 26.4. The Labute approximate surface area is 216 Å². The summed E-state index contributed by atoms with van der Waals surface area (Å²) in [5.41, 5.74) is 12.4. The van der Waals surface area contributed by atoms with E-state index in [0.29, 0.717) is 17.8 Å². The number of nitrogens with one attached hydrogen (secondary N) is 3. The Hall–Kier alpha value is -3.40. The minimum Gasteiger partial charge on any atom is -0.371 e. The number of allylic oxidation sites excluding steroid dienone is 1. The van der Waals surface area contributed by atoms with Crippen LogP contribution in [-0.2, 0) is 0 Å². The first-order chi connectivity index (χ1) is 17.8. The highest BCUT2D eigenvalue weighted by atomic mass is 19.1. The number of nitrogens with two attached hydrogens (primary N) is 2. The molecule has 1 aliphatic heterocycles. The van der Waals surface area contributed by atoms with Crippen molar-refractivity contribution >= 4 is 29.1 Å². The molecule has 0 bridgehead atoms. The van der Waals surface area contributed by atoms with Gasteiger partial charge in [0.05, 0.1) is 0 Å². The summed E-state index contributed by atoms with van der Waals surface area (Å²) in [5, 5.41) is 6.15. The first-order valence-corrected chi connectivity index (χ1v) is 13.2. The van der Waals surface area contributed by atoms with E-state index in [9.17, 15) is 14.0 Å². The van der Waals surface area contributed by atoms with Gasteiger partial charge in [-0.2, -0.15) is 4.98 Å². The van der Waals surface area contributed by atoms with E-state index in [0.717, 1.165) is 57.3 Å². The molecule has 4 rings (SSSR count). The van der Waals surface area contributed by atoms with E-state index in [2.05, 4.69) is 25.5 Å². The lowest BCUT2D eigenvalue weighted by atomic mass is 9.82. The first-order valence-electron chi connectivity index (χ1n) is 13.2. The van der Waals surface area contributed by atoms with E-state index in [1.807, 2.05) is 13.0 Å². The lowest BCUT2D eigenvalue weighted by Crippen LogP contribution is -2.48. The van der Waals surface area contributed by atoms with Crippen molar-refractivity contribution in [3.63, 3.8) is 0 Å². The first kappa shape index (κ1) is 26.7. The van der Waals surface area contributed by atoms with Gasteiger partial charge in [0.15, 0.2) is 5.82 Å². The van der Waals surface area contributed by atoms with Crippen molar-refractivity contribution in [1.82, 2.24) is 14.9 Å². The van der Waals surface area contributed by atoms with Crippen molar-refractivity contribution in [3.05, 3.63) is 51.6 Å². The number of benzene rings is 1. The summed E-state index contributed by atoms with van der Waals surface area (Å²) in [5.74, 6) is -1.07. The second-order valence-corrected chi connectivity index (χ2v) is 10.2. The maximum atomic E-state index is 15.0. The zero-order valence-electron chi connectivity index (χ0n) is 21.5. The number of carbonyl (C=O) groups excluding carboxylic acids is 1. The van der Waals surface area contributed by atoms with Gasteiger partial charge in [0, 0.05) is 42.1 Å². The fourth-order valence-electron chi connectivity index (χ4n) is 5.32. The van der Waals surface area contributed by atoms with Gasteiger partial charge in [-0.05, 0) is 50.8 Å². The van der Waals surface area contributed by atoms with Gasteiger partial charge in [-0.25, -0.2) is 4.39 Å². The highest BCUT2D eigenvalue weighted by Gasteiger charge is 2.28. The van der Waals surface area contributed by atoms with Crippen LogP contribution in [0, 0.1) is 5.82 Å². The molecular formula is C27H38FN7O2. The average Bonchev–Trinajstić information content (AvgIpc) is 3.15. The summed E-state index contributed by atoms with van der Waals surface area (Å²) in [6, 6.07) is 4.59. The summed E-state index contributed by atoms with van der Waals surface area (Å²) >= 11 is 0. The van der Waals surface area contributed by atoms with E-state index in [4.69, 9.17) is 11.5 Å². The molecule has 37 heavy (non-hydrogen) atoms. The maximum Gasteiger partial charge on any atom is 0.267 e. The van der Waals surface area contributed by atoms with Crippen molar-refractivity contribution < 1.29 is 9.18 Å². The van der Waals surface area contributed by atoms with Gasteiger partial charge in [0.2, 0.25) is 5.95 Å².